The van der Waals surface area contributed by atoms with Crippen LogP contribution in [0.4, 0.5) is 0 Å². The molecule has 3 heteroatoms. The molecule has 0 fully saturated rings. The van der Waals surface area contributed by atoms with Crippen molar-refractivity contribution in [2.24, 2.45) is 0 Å². The molecule has 0 spiro atoms. The monoisotopic (exact) mass is 324 g/mol. The van der Waals surface area contributed by atoms with Gasteiger partial charge < -0.3 is 5.32 Å². The molecule has 1 N–H and O–H groups in total. The lowest BCUT2D eigenvalue weighted by atomic mass is 10.0. The Bertz CT molecular complexity index is 625. The second-order valence-electron chi connectivity index (χ2n) is 6.62. The van der Waals surface area contributed by atoms with Crippen molar-refractivity contribution in [3.05, 3.63) is 60.2 Å². The van der Waals surface area contributed by atoms with Crippen molar-refractivity contribution < 1.29 is 4.79 Å². The molecule has 0 unspecified atom stereocenters. The first kappa shape index (κ1) is 18.2. The first-order valence-electron chi connectivity index (χ1n) is 8.68. The predicted molar refractivity (Wildman–Crippen MR) is 101 cm³/mol. The average Bonchev–Trinajstić information content (AvgIpc) is 2.58. The largest absolute Gasteiger partial charge is 0.351 e. The standard InChI is InChI=1S/C21H28N2O/c1-16(2)23(17(3)4)15-14-22-21(24)20-12-10-19(11-13-20)18-8-6-5-7-9-18/h5-13,16-17H,14-15H2,1-4H3,(H,22,24). The van der Waals surface area contributed by atoms with Gasteiger partial charge >= 0.3 is 0 Å². The van der Waals surface area contributed by atoms with Crippen LogP contribution in [0.5, 0.6) is 0 Å². The van der Waals surface area contributed by atoms with Crippen molar-refractivity contribution in [2.75, 3.05) is 13.1 Å². The van der Waals surface area contributed by atoms with Crippen LogP contribution in [0.25, 0.3) is 11.1 Å². The fourth-order valence-electron chi connectivity index (χ4n) is 2.96. The molecule has 0 heterocycles. The van der Waals surface area contributed by atoms with Crippen LogP contribution in [0, 0.1) is 0 Å². The van der Waals surface area contributed by atoms with Gasteiger partial charge in [0.1, 0.15) is 0 Å². The van der Waals surface area contributed by atoms with Gasteiger partial charge in [-0.1, -0.05) is 42.5 Å². The molecular weight excluding hydrogens is 296 g/mol. The summed E-state index contributed by atoms with van der Waals surface area (Å²) in [6, 6.07) is 18.9. The van der Waals surface area contributed by atoms with Crippen molar-refractivity contribution in [3.8, 4) is 11.1 Å². The quantitative estimate of drug-likeness (QED) is 0.828. The van der Waals surface area contributed by atoms with Crippen LogP contribution in [-0.2, 0) is 0 Å². The second kappa shape index (κ2) is 8.65. The van der Waals surface area contributed by atoms with Crippen molar-refractivity contribution in [2.45, 2.75) is 39.8 Å². The van der Waals surface area contributed by atoms with E-state index < -0.39 is 0 Å². The smallest absolute Gasteiger partial charge is 0.251 e. The lowest BCUT2D eigenvalue weighted by molar-refractivity contribution is 0.0939. The number of amides is 1. The second-order valence-corrected chi connectivity index (χ2v) is 6.62. The maximum Gasteiger partial charge on any atom is 0.251 e. The molecule has 0 aliphatic carbocycles. The number of nitrogens with zero attached hydrogens (tertiary/aromatic N) is 1. The van der Waals surface area contributed by atoms with Crippen molar-refractivity contribution in [1.82, 2.24) is 10.2 Å². The van der Waals surface area contributed by atoms with E-state index in [2.05, 4.69) is 50.0 Å². The highest BCUT2D eigenvalue weighted by Gasteiger charge is 2.13. The number of rotatable bonds is 7. The predicted octanol–water partition coefficient (Wildman–Crippen LogP) is 4.20. The van der Waals surface area contributed by atoms with Crippen LogP contribution in [0.1, 0.15) is 38.1 Å². The van der Waals surface area contributed by atoms with E-state index in [0.29, 0.717) is 24.2 Å². The number of carbonyl (C=O) groups is 1. The lowest BCUT2D eigenvalue weighted by Crippen LogP contribution is -2.42. The molecule has 1 amide bonds. The van der Waals surface area contributed by atoms with E-state index >= 15 is 0 Å². The van der Waals surface area contributed by atoms with Crippen LogP contribution in [0.3, 0.4) is 0 Å². The van der Waals surface area contributed by atoms with Gasteiger partial charge in [-0.15, -0.1) is 0 Å². The van der Waals surface area contributed by atoms with Crippen LogP contribution >= 0.6 is 0 Å². The molecule has 128 valence electrons. The molecule has 2 aromatic carbocycles. The van der Waals surface area contributed by atoms with Gasteiger partial charge in [0.15, 0.2) is 0 Å². The van der Waals surface area contributed by atoms with E-state index in [1.807, 2.05) is 42.5 Å². The minimum atomic E-state index is -0.0120. The first-order chi connectivity index (χ1) is 11.5. The summed E-state index contributed by atoms with van der Waals surface area (Å²) in [6.45, 7) is 10.3. The maximum atomic E-state index is 12.3. The van der Waals surface area contributed by atoms with E-state index in [4.69, 9.17) is 0 Å². The molecule has 2 rings (SSSR count). The molecule has 0 bridgehead atoms. The van der Waals surface area contributed by atoms with Crippen LogP contribution in [-0.4, -0.2) is 36.0 Å². The molecule has 24 heavy (non-hydrogen) atoms. The van der Waals surface area contributed by atoms with E-state index in [1.165, 1.54) is 0 Å². The van der Waals surface area contributed by atoms with Gasteiger partial charge in [0.2, 0.25) is 0 Å². The minimum Gasteiger partial charge on any atom is -0.351 e. The number of hydrogen-bond donors (Lipinski definition) is 1. The Labute approximate surface area is 145 Å². The summed E-state index contributed by atoms with van der Waals surface area (Å²) < 4.78 is 0. The number of hydrogen-bond acceptors (Lipinski definition) is 2. The topological polar surface area (TPSA) is 32.3 Å². The molecule has 0 aliphatic heterocycles. The first-order valence-corrected chi connectivity index (χ1v) is 8.68. The summed E-state index contributed by atoms with van der Waals surface area (Å²) in [5.74, 6) is -0.0120. The normalized spacial score (nSPS) is 11.3. The van der Waals surface area contributed by atoms with E-state index in [9.17, 15) is 4.79 Å². The summed E-state index contributed by atoms with van der Waals surface area (Å²) >= 11 is 0. The molecule has 3 nitrogen and oxygen atoms in total. The van der Waals surface area contributed by atoms with Gasteiger partial charge in [0.05, 0.1) is 0 Å². The van der Waals surface area contributed by atoms with E-state index in [-0.39, 0.29) is 5.91 Å². The van der Waals surface area contributed by atoms with Gasteiger partial charge in [-0.2, -0.15) is 0 Å². The van der Waals surface area contributed by atoms with Crippen LogP contribution in [0.2, 0.25) is 0 Å². The van der Waals surface area contributed by atoms with Gasteiger partial charge in [0, 0.05) is 30.7 Å². The molecule has 0 aromatic heterocycles. The highest BCUT2D eigenvalue weighted by atomic mass is 16.1. The Morgan fingerprint density at radius 2 is 1.42 bits per heavy atom. The van der Waals surface area contributed by atoms with Crippen LogP contribution in [0.15, 0.2) is 54.6 Å². The van der Waals surface area contributed by atoms with Crippen molar-refractivity contribution in [3.63, 3.8) is 0 Å². The zero-order valence-corrected chi connectivity index (χ0v) is 15.1. The molecule has 0 saturated carbocycles. The molecular formula is C21H28N2O. The zero-order chi connectivity index (χ0) is 17.5. The third kappa shape index (κ3) is 4.93. The van der Waals surface area contributed by atoms with Gasteiger partial charge in [0.25, 0.3) is 5.91 Å². The summed E-state index contributed by atoms with van der Waals surface area (Å²) in [4.78, 5) is 14.7. The van der Waals surface area contributed by atoms with E-state index in [0.717, 1.165) is 17.7 Å². The minimum absolute atomic E-state index is 0.0120. The van der Waals surface area contributed by atoms with E-state index in [1.54, 1.807) is 0 Å². The average molecular weight is 324 g/mol. The Morgan fingerprint density at radius 1 is 0.875 bits per heavy atom. The van der Waals surface area contributed by atoms with Crippen molar-refractivity contribution >= 4 is 5.91 Å². The third-order valence-electron chi connectivity index (χ3n) is 4.24. The zero-order valence-electron chi connectivity index (χ0n) is 15.1. The van der Waals surface area contributed by atoms with Gasteiger partial charge in [-0.25, -0.2) is 0 Å². The van der Waals surface area contributed by atoms with Crippen LogP contribution < -0.4 is 5.32 Å². The highest BCUT2D eigenvalue weighted by Crippen LogP contribution is 2.19. The Morgan fingerprint density at radius 3 is 1.96 bits per heavy atom. The fraction of sp³-hybridized carbons (Fsp3) is 0.381. The molecule has 0 aliphatic rings. The summed E-state index contributed by atoms with van der Waals surface area (Å²) in [5.41, 5.74) is 2.99. The Balaban J connectivity index is 1.91. The Kier molecular flexibility index (Phi) is 6.56. The van der Waals surface area contributed by atoms with Crippen molar-refractivity contribution in [1.29, 1.82) is 0 Å². The molecule has 2 aromatic rings. The fourth-order valence-corrected chi connectivity index (χ4v) is 2.96. The highest BCUT2D eigenvalue weighted by molar-refractivity contribution is 5.94. The van der Waals surface area contributed by atoms with Gasteiger partial charge in [-0.3, -0.25) is 9.69 Å². The number of nitrogens with one attached hydrogen (secondary N) is 1. The molecule has 0 radical (unpaired) electrons. The maximum absolute atomic E-state index is 12.3. The summed E-state index contributed by atoms with van der Waals surface area (Å²) in [6.07, 6.45) is 0. The third-order valence-corrected chi connectivity index (χ3v) is 4.24. The molecule has 0 atom stereocenters. The summed E-state index contributed by atoms with van der Waals surface area (Å²) in [7, 11) is 0. The SMILES string of the molecule is CC(C)N(CCNC(=O)c1ccc(-c2ccccc2)cc1)C(C)C. The Hall–Kier alpha value is -2.13. The number of benzene rings is 2. The summed E-state index contributed by atoms with van der Waals surface area (Å²) in [5, 5.41) is 3.02. The number of carbonyl (C=O) groups excluding carboxylic acids is 1. The lowest BCUT2D eigenvalue weighted by Gasteiger charge is -2.30. The van der Waals surface area contributed by atoms with Gasteiger partial charge in [-0.05, 0) is 51.0 Å². The molecule has 0 saturated heterocycles.